The van der Waals surface area contributed by atoms with Crippen LogP contribution < -0.4 is 4.74 Å². The van der Waals surface area contributed by atoms with Crippen molar-refractivity contribution in [3.8, 4) is 5.75 Å². The standard InChI is InChI=1S/C22H22ClF2O3P/c23-20-7-2-1-5-18(20)17-6-3-4-15(17)13-28-16-10-8-14(9-11-21(26)27)19(12-16)22(24,25)29/h1-2,5,7-8,10,12H,3-4,6,9,11,13,29H2,(H,26,27). The van der Waals surface area contributed by atoms with Crippen molar-refractivity contribution in [2.24, 2.45) is 0 Å². The van der Waals surface area contributed by atoms with Crippen molar-refractivity contribution >= 4 is 32.4 Å². The van der Waals surface area contributed by atoms with Crippen LogP contribution in [0.2, 0.25) is 5.02 Å². The summed E-state index contributed by atoms with van der Waals surface area (Å²) in [7, 11) is 1.51. The smallest absolute Gasteiger partial charge is 0.303 e. The van der Waals surface area contributed by atoms with Crippen LogP contribution in [0.5, 0.6) is 5.75 Å². The van der Waals surface area contributed by atoms with Crippen LogP contribution >= 0.6 is 20.8 Å². The molecule has 0 saturated carbocycles. The van der Waals surface area contributed by atoms with Gasteiger partial charge in [-0.05, 0) is 66.2 Å². The number of alkyl halides is 2. The van der Waals surface area contributed by atoms with E-state index in [-0.39, 0.29) is 18.4 Å². The van der Waals surface area contributed by atoms with Gasteiger partial charge in [0.05, 0.1) is 0 Å². The van der Waals surface area contributed by atoms with Crippen LogP contribution in [0.15, 0.2) is 48.0 Å². The molecule has 29 heavy (non-hydrogen) atoms. The predicted octanol–water partition coefficient (Wildman–Crippen LogP) is 6.30. The molecule has 0 amide bonds. The fourth-order valence-electron chi connectivity index (χ4n) is 3.58. The van der Waals surface area contributed by atoms with Gasteiger partial charge in [0, 0.05) is 17.0 Å². The summed E-state index contributed by atoms with van der Waals surface area (Å²) >= 11 is 6.32. The molecule has 2 aromatic rings. The summed E-state index contributed by atoms with van der Waals surface area (Å²) in [5.74, 6) is -0.692. The minimum atomic E-state index is -3.16. The number of ether oxygens (including phenoxy) is 1. The highest BCUT2D eigenvalue weighted by Gasteiger charge is 2.28. The Bertz CT molecular complexity index is 938. The van der Waals surface area contributed by atoms with Crippen molar-refractivity contribution in [2.45, 2.75) is 37.8 Å². The molecule has 0 radical (unpaired) electrons. The Balaban J connectivity index is 1.80. The number of aliphatic carboxylic acids is 1. The largest absolute Gasteiger partial charge is 0.489 e. The lowest BCUT2D eigenvalue weighted by Crippen LogP contribution is -2.10. The SMILES string of the molecule is O=C(O)CCc1ccc(OCC2=C(c3ccccc3Cl)CCC2)cc1C(F)(F)P. The number of allylic oxidation sites excluding steroid dienone is 1. The van der Waals surface area contributed by atoms with Crippen LogP contribution in [0.3, 0.4) is 0 Å². The second kappa shape index (κ2) is 9.23. The van der Waals surface area contributed by atoms with Crippen molar-refractivity contribution in [1.29, 1.82) is 0 Å². The molecule has 3 rings (SSSR count). The number of aryl methyl sites for hydroxylation is 1. The van der Waals surface area contributed by atoms with Gasteiger partial charge in [-0.15, -0.1) is 0 Å². The van der Waals surface area contributed by atoms with Crippen LogP contribution in [0.1, 0.15) is 42.4 Å². The molecule has 0 bridgehead atoms. The lowest BCUT2D eigenvalue weighted by molar-refractivity contribution is -0.136. The lowest BCUT2D eigenvalue weighted by atomic mass is 10.0. The van der Waals surface area contributed by atoms with Crippen LogP contribution in [-0.4, -0.2) is 17.7 Å². The molecular weight excluding hydrogens is 417 g/mol. The molecule has 3 nitrogen and oxygen atoms in total. The molecule has 0 aliphatic heterocycles. The van der Waals surface area contributed by atoms with Crippen LogP contribution in [-0.2, 0) is 16.9 Å². The summed E-state index contributed by atoms with van der Waals surface area (Å²) in [5, 5.41) is 9.52. The van der Waals surface area contributed by atoms with Crippen LogP contribution in [0.4, 0.5) is 8.78 Å². The summed E-state index contributed by atoms with van der Waals surface area (Å²) in [6.45, 7) is 0.302. The minimum Gasteiger partial charge on any atom is -0.489 e. The molecule has 1 N–H and O–H groups in total. The van der Waals surface area contributed by atoms with E-state index >= 15 is 0 Å². The molecule has 0 spiro atoms. The monoisotopic (exact) mass is 438 g/mol. The number of carboxylic acid groups (broad SMARTS) is 1. The average molecular weight is 439 g/mol. The number of hydrogen-bond acceptors (Lipinski definition) is 2. The zero-order chi connectivity index (χ0) is 21.0. The number of carboxylic acids is 1. The molecule has 0 fully saturated rings. The first-order chi connectivity index (χ1) is 13.8. The van der Waals surface area contributed by atoms with E-state index < -0.39 is 11.6 Å². The first-order valence-corrected chi connectivity index (χ1v) is 10.3. The Hall–Kier alpha value is -1.97. The first kappa shape index (κ1) is 21.7. The molecule has 154 valence electrons. The summed E-state index contributed by atoms with van der Waals surface area (Å²) in [5.41, 5.74) is 0.177. The van der Waals surface area contributed by atoms with E-state index in [9.17, 15) is 13.6 Å². The highest BCUT2D eigenvalue weighted by Crippen LogP contribution is 2.40. The molecule has 7 heteroatoms. The number of hydrogen-bond donors (Lipinski definition) is 1. The second-order valence-electron chi connectivity index (χ2n) is 7.04. The summed E-state index contributed by atoms with van der Waals surface area (Å²) in [4.78, 5) is 10.8. The fourth-order valence-corrected chi connectivity index (χ4v) is 4.10. The third kappa shape index (κ3) is 5.55. The van der Waals surface area contributed by atoms with Gasteiger partial charge in [-0.2, -0.15) is 8.78 Å². The third-order valence-corrected chi connectivity index (χ3v) is 5.63. The van der Waals surface area contributed by atoms with Crippen molar-refractivity contribution in [3.05, 3.63) is 69.8 Å². The van der Waals surface area contributed by atoms with Crippen molar-refractivity contribution < 1.29 is 23.4 Å². The van der Waals surface area contributed by atoms with Crippen molar-refractivity contribution in [3.63, 3.8) is 0 Å². The van der Waals surface area contributed by atoms with E-state index in [1.165, 1.54) is 21.4 Å². The van der Waals surface area contributed by atoms with E-state index in [4.69, 9.17) is 21.4 Å². The minimum absolute atomic E-state index is 0.0384. The van der Waals surface area contributed by atoms with Crippen LogP contribution in [0, 0.1) is 0 Å². The fraction of sp³-hybridized carbons (Fsp3) is 0.318. The number of halogens is 3. The van der Waals surface area contributed by atoms with Gasteiger partial charge in [-0.3, -0.25) is 4.79 Å². The van der Waals surface area contributed by atoms with Gasteiger partial charge in [-0.1, -0.05) is 45.1 Å². The van der Waals surface area contributed by atoms with E-state index in [1.54, 1.807) is 6.07 Å². The van der Waals surface area contributed by atoms with E-state index in [1.807, 2.05) is 24.3 Å². The highest BCUT2D eigenvalue weighted by atomic mass is 35.5. The quantitative estimate of drug-likeness (QED) is 0.492. The Morgan fingerprint density at radius 3 is 2.66 bits per heavy atom. The Morgan fingerprint density at radius 2 is 1.97 bits per heavy atom. The molecule has 1 aliphatic rings. The summed E-state index contributed by atoms with van der Waals surface area (Å²) < 4.78 is 33.9. The number of rotatable bonds is 8. The lowest BCUT2D eigenvalue weighted by Gasteiger charge is -2.18. The maximum absolute atomic E-state index is 14.0. The van der Waals surface area contributed by atoms with E-state index in [2.05, 4.69) is 0 Å². The molecule has 0 heterocycles. The molecule has 0 aromatic heterocycles. The van der Waals surface area contributed by atoms with Crippen molar-refractivity contribution in [2.75, 3.05) is 6.61 Å². The van der Waals surface area contributed by atoms with Crippen molar-refractivity contribution in [1.82, 2.24) is 0 Å². The Kier molecular flexibility index (Phi) is 6.92. The zero-order valence-electron chi connectivity index (χ0n) is 15.8. The normalized spacial score (nSPS) is 14.3. The van der Waals surface area contributed by atoms with Gasteiger partial charge in [0.25, 0.3) is 5.66 Å². The predicted molar refractivity (Wildman–Crippen MR) is 114 cm³/mol. The second-order valence-corrected chi connectivity index (χ2v) is 8.17. The topological polar surface area (TPSA) is 46.5 Å². The summed E-state index contributed by atoms with van der Waals surface area (Å²) in [6.07, 6.45) is 2.62. The van der Waals surface area contributed by atoms with Gasteiger partial charge in [0.2, 0.25) is 0 Å². The van der Waals surface area contributed by atoms with Gasteiger partial charge < -0.3 is 9.84 Å². The molecule has 1 atom stereocenters. The highest BCUT2D eigenvalue weighted by molar-refractivity contribution is 7.17. The Labute approximate surface area is 175 Å². The molecule has 1 aliphatic carbocycles. The molecular formula is C22H22ClF2O3P. The molecule has 0 saturated heterocycles. The maximum atomic E-state index is 14.0. The third-order valence-electron chi connectivity index (χ3n) is 4.99. The van der Waals surface area contributed by atoms with Gasteiger partial charge >= 0.3 is 5.97 Å². The van der Waals surface area contributed by atoms with Gasteiger partial charge in [-0.25, -0.2) is 0 Å². The first-order valence-electron chi connectivity index (χ1n) is 9.36. The Morgan fingerprint density at radius 1 is 1.21 bits per heavy atom. The van der Waals surface area contributed by atoms with Gasteiger partial charge in [0.15, 0.2) is 0 Å². The van der Waals surface area contributed by atoms with Crippen LogP contribution in [0.25, 0.3) is 5.57 Å². The van der Waals surface area contributed by atoms with E-state index in [0.717, 1.165) is 36.0 Å². The number of benzene rings is 2. The maximum Gasteiger partial charge on any atom is 0.303 e. The summed E-state index contributed by atoms with van der Waals surface area (Å²) in [6, 6.07) is 12.1. The van der Waals surface area contributed by atoms with E-state index in [0.29, 0.717) is 22.9 Å². The molecule has 1 unspecified atom stereocenters. The zero-order valence-corrected chi connectivity index (χ0v) is 17.7. The average Bonchev–Trinajstić information content (AvgIpc) is 3.13. The molecule has 2 aromatic carbocycles. The number of carbonyl (C=O) groups is 1. The van der Waals surface area contributed by atoms with Gasteiger partial charge in [0.1, 0.15) is 12.4 Å².